The monoisotopic (exact) mass is 229 g/mol. The minimum atomic E-state index is -3.41. The number of nitrogen functional groups attached to an aromatic ring is 1. The molecule has 0 aliphatic heterocycles. The van der Waals surface area contributed by atoms with Crippen LogP contribution in [0.5, 0.6) is 0 Å². The molecular weight excluding hydrogens is 214 g/mol. The van der Waals surface area contributed by atoms with Crippen molar-refractivity contribution in [2.24, 2.45) is 5.14 Å². The molecule has 84 valence electrons. The van der Waals surface area contributed by atoms with Crippen molar-refractivity contribution in [2.45, 2.75) is 6.92 Å². The Labute approximate surface area is 89.5 Å². The Morgan fingerprint density at radius 3 is 2.53 bits per heavy atom. The highest BCUT2D eigenvalue weighted by Gasteiger charge is 2.02. The van der Waals surface area contributed by atoms with E-state index in [2.05, 4.69) is 5.32 Å². The lowest BCUT2D eigenvalue weighted by Crippen LogP contribution is -2.22. The van der Waals surface area contributed by atoms with Gasteiger partial charge in [0.15, 0.2) is 0 Å². The molecule has 0 saturated carbocycles. The number of sulfonamides is 1. The predicted octanol–water partition coefficient (Wildman–Crippen LogP) is 0.278. The number of rotatable bonds is 4. The Morgan fingerprint density at radius 1 is 1.33 bits per heavy atom. The van der Waals surface area contributed by atoms with E-state index in [0.29, 0.717) is 5.69 Å². The van der Waals surface area contributed by atoms with Crippen molar-refractivity contribution in [3.8, 4) is 0 Å². The van der Waals surface area contributed by atoms with Crippen LogP contribution < -0.4 is 16.2 Å². The highest BCUT2D eigenvalue weighted by molar-refractivity contribution is 7.89. The third kappa shape index (κ3) is 4.66. The van der Waals surface area contributed by atoms with Crippen LogP contribution in [0.1, 0.15) is 5.56 Å². The van der Waals surface area contributed by atoms with Crippen molar-refractivity contribution >= 4 is 21.4 Å². The van der Waals surface area contributed by atoms with Gasteiger partial charge >= 0.3 is 0 Å². The molecule has 0 spiro atoms. The van der Waals surface area contributed by atoms with Gasteiger partial charge in [-0.1, -0.05) is 0 Å². The van der Waals surface area contributed by atoms with Crippen LogP contribution in [-0.4, -0.2) is 20.7 Å². The normalized spacial score (nSPS) is 11.3. The second kappa shape index (κ2) is 4.50. The van der Waals surface area contributed by atoms with Gasteiger partial charge in [0.1, 0.15) is 0 Å². The predicted molar refractivity (Wildman–Crippen MR) is 62.1 cm³/mol. The zero-order chi connectivity index (χ0) is 11.5. The number of primary sulfonamides is 1. The lowest BCUT2D eigenvalue weighted by Gasteiger charge is -2.07. The van der Waals surface area contributed by atoms with E-state index < -0.39 is 10.0 Å². The van der Waals surface area contributed by atoms with Gasteiger partial charge in [-0.3, -0.25) is 0 Å². The fourth-order valence-corrected chi connectivity index (χ4v) is 1.64. The molecule has 0 atom stereocenters. The highest BCUT2D eigenvalue weighted by Crippen LogP contribution is 2.15. The molecule has 0 bridgehead atoms. The van der Waals surface area contributed by atoms with Crippen LogP contribution in [0.3, 0.4) is 0 Å². The Hall–Kier alpha value is -1.27. The maximum Gasteiger partial charge on any atom is 0.210 e. The summed E-state index contributed by atoms with van der Waals surface area (Å²) in [6, 6.07) is 5.47. The smallest absolute Gasteiger partial charge is 0.210 e. The number of aryl methyl sites for hydroxylation is 1. The molecule has 15 heavy (non-hydrogen) atoms. The first-order valence-corrected chi connectivity index (χ1v) is 6.20. The summed E-state index contributed by atoms with van der Waals surface area (Å²) < 4.78 is 21.3. The Kier molecular flexibility index (Phi) is 3.54. The van der Waals surface area contributed by atoms with Gasteiger partial charge in [-0.05, 0) is 30.7 Å². The first-order chi connectivity index (χ1) is 6.87. The van der Waals surface area contributed by atoms with Crippen LogP contribution in [0, 0.1) is 6.92 Å². The molecule has 6 heteroatoms. The molecule has 1 rings (SSSR count). The van der Waals surface area contributed by atoms with Gasteiger partial charge in [-0.2, -0.15) is 0 Å². The second-order valence-corrected chi connectivity index (χ2v) is 5.16. The number of nitrogens with one attached hydrogen (secondary N) is 1. The Balaban J connectivity index is 2.58. The van der Waals surface area contributed by atoms with Crippen LogP contribution in [0.4, 0.5) is 11.4 Å². The lowest BCUT2D eigenvalue weighted by molar-refractivity contribution is 0.598. The van der Waals surface area contributed by atoms with E-state index in [4.69, 9.17) is 10.9 Å². The standard InChI is InChI=1S/C9H15N3O2S/c1-7-4-8(10)6-9(5-7)12-2-3-15(11,13)14/h4-6,12H,2-3,10H2,1H3,(H2,11,13,14). The topological polar surface area (TPSA) is 98.2 Å². The molecule has 5 nitrogen and oxygen atoms in total. The fourth-order valence-electron chi connectivity index (χ4n) is 1.25. The summed E-state index contributed by atoms with van der Waals surface area (Å²) in [5.74, 6) is -0.0964. The van der Waals surface area contributed by atoms with Crippen LogP contribution in [-0.2, 0) is 10.0 Å². The molecule has 0 aliphatic carbocycles. The first-order valence-electron chi connectivity index (χ1n) is 4.48. The number of nitrogens with two attached hydrogens (primary N) is 2. The largest absolute Gasteiger partial charge is 0.399 e. The van der Waals surface area contributed by atoms with Gasteiger partial charge in [-0.25, -0.2) is 13.6 Å². The van der Waals surface area contributed by atoms with Crippen molar-refractivity contribution in [3.63, 3.8) is 0 Å². The van der Waals surface area contributed by atoms with Crippen molar-refractivity contribution in [1.82, 2.24) is 0 Å². The van der Waals surface area contributed by atoms with E-state index in [-0.39, 0.29) is 12.3 Å². The summed E-state index contributed by atoms with van der Waals surface area (Å²) in [5, 5.41) is 7.81. The van der Waals surface area contributed by atoms with Crippen LogP contribution in [0.25, 0.3) is 0 Å². The third-order valence-electron chi connectivity index (χ3n) is 1.82. The molecule has 0 aliphatic rings. The van der Waals surface area contributed by atoms with Crippen LogP contribution in [0.2, 0.25) is 0 Å². The average Bonchev–Trinajstić information content (AvgIpc) is 1.99. The summed E-state index contributed by atoms with van der Waals surface area (Å²) in [7, 11) is -3.41. The molecule has 5 N–H and O–H groups in total. The van der Waals surface area contributed by atoms with E-state index in [1.807, 2.05) is 19.1 Å². The average molecular weight is 229 g/mol. The molecule has 0 aromatic heterocycles. The Bertz CT molecular complexity index is 422. The summed E-state index contributed by atoms with van der Waals surface area (Å²) in [5.41, 5.74) is 8.10. The zero-order valence-corrected chi connectivity index (χ0v) is 9.34. The van der Waals surface area contributed by atoms with Crippen LogP contribution >= 0.6 is 0 Å². The van der Waals surface area contributed by atoms with E-state index in [0.717, 1.165) is 11.3 Å². The van der Waals surface area contributed by atoms with Gasteiger partial charge in [0, 0.05) is 17.9 Å². The van der Waals surface area contributed by atoms with Crippen molar-refractivity contribution < 1.29 is 8.42 Å². The SMILES string of the molecule is Cc1cc(N)cc(NCCS(N)(=O)=O)c1. The zero-order valence-electron chi connectivity index (χ0n) is 8.53. The molecule has 0 saturated heterocycles. The minimum Gasteiger partial charge on any atom is -0.399 e. The maximum atomic E-state index is 10.7. The molecule has 0 fully saturated rings. The fraction of sp³-hybridized carbons (Fsp3) is 0.333. The van der Waals surface area contributed by atoms with Crippen molar-refractivity contribution in [2.75, 3.05) is 23.3 Å². The summed E-state index contributed by atoms with van der Waals surface area (Å²) >= 11 is 0. The lowest BCUT2D eigenvalue weighted by atomic mass is 10.2. The Morgan fingerprint density at radius 2 is 2.00 bits per heavy atom. The van der Waals surface area contributed by atoms with Gasteiger partial charge in [0.2, 0.25) is 10.0 Å². The molecule has 1 aromatic rings. The van der Waals surface area contributed by atoms with E-state index >= 15 is 0 Å². The van der Waals surface area contributed by atoms with Crippen molar-refractivity contribution in [1.29, 1.82) is 0 Å². The number of hydrogen-bond donors (Lipinski definition) is 3. The van der Waals surface area contributed by atoms with E-state index in [9.17, 15) is 8.42 Å². The quantitative estimate of drug-likeness (QED) is 0.646. The number of hydrogen-bond acceptors (Lipinski definition) is 4. The van der Waals surface area contributed by atoms with E-state index in [1.165, 1.54) is 0 Å². The van der Waals surface area contributed by atoms with Gasteiger partial charge in [0.05, 0.1) is 5.75 Å². The number of benzene rings is 1. The third-order valence-corrected chi connectivity index (χ3v) is 2.59. The van der Waals surface area contributed by atoms with Gasteiger partial charge in [-0.15, -0.1) is 0 Å². The summed E-state index contributed by atoms with van der Waals surface area (Å²) in [6.07, 6.45) is 0. The van der Waals surface area contributed by atoms with Crippen LogP contribution in [0.15, 0.2) is 18.2 Å². The van der Waals surface area contributed by atoms with Gasteiger partial charge < -0.3 is 11.1 Å². The highest BCUT2D eigenvalue weighted by atomic mass is 32.2. The van der Waals surface area contributed by atoms with E-state index in [1.54, 1.807) is 6.07 Å². The molecule has 0 heterocycles. The summed E-state index contributed by atoms with van der Waals surface area (Å²) in [6.45, 7) is 2.20. The molecular formula is C9H15N3O2S. The first kappa shape index (κ1) is 11.8. The van der Waals surface area contributed by atoms with Crippen molar-refractivity contribution in [3.05, 3.63) is 23.8 Å². The molecule has 1 aromatic carbocycles. The summed E-state index contributed by atoms with van der Waals surface area (Å²) in [4.78, 5) is 0. The maximum absolute atomic E-state index is 10.7. The second-order valence-electron chi connectivity index (χ2n) is 3.43. The number of anilines is 2. The minimum absolute atomic E-state index is 0.0964. The molecule has 0 amide bonds. The molecule has 0 radical (unpaired) electrons. The molecule has 0 unspecified atom stereocenters. The van der Waals surface area contributed by atoms with Gasteiger partial charge in [0.25, 0.3) is 0 Å².